The Kier molecular flexibility index (Phi) is 11.2. The van der Waals surface area contributed by atoms with Crippen LogP contribution < -0.4 is 10.2 Å². The molecular weight excluding hydrogens is 464 g/mol. The zero-order chi connectivity index (χ0) is 26.5. The van der Waals surface area contributed by atoms with Crippen molar-refractivity contribution in [3.63, 3.8) is 0 Å². The second-order valence-electron chi connectivity index (χ2n) is 10.1. The minimum atomic E-state index is -0.160. The fraction of sp³-hybridized carbons (Fsp3) is 0.484. The van der Waals surface area contributed by atoms with Gasteiger partial charge in [0.25, 0.3) is 0 Å². The van der Waals surface area contributed by atoms with Crippen LogP contribution in [-0.4, -0.2) is 44.8 Å². The summed E-state index contributed by atoms with van der Waals surface area (Å²) < 4.78 is 11.2. The van der Waals surface area contributed by atoms with E-state index in [-0.39, 0.29) is 24.7 Å². The minimum absolute atomic E-state index is 0.100. The van der Waals surface area contributed by atoms with Crippen molar-refractivity contribution >= 4 is 17.5 Å². The molecule has 0 aromatic heterocycles. The van der Waals surface area contributed by atoms with Crippen LogP contribution in [0.3, 0.4) is 0 Å². The highest BCUT2D eigenvalue weighted by atomic mass is 16.5. The Morgan fingerprint density at radius 1 is 0.892 bits per heavy atom. The van der Waals surface area contributed by atoms with E-state index in [4.69, 9.17) is 9.47 Å². The first-order chi connectivity index (χ1) is 17.9. The molecule has 0 atom stereocenters. The average molecular weight is 505 g/mol. The van der Waals surface area contributed by atoms with Crippen LogP contribution in [0.1, 0.15) is 69.6 Å². The Labute approximate surface area is 221 Å². The number of benzene rings is 2. The van der Waals surface area contributed by atoms with Crippen molar-refractivity contribution in [3.05, 3.63) is 65.2 Å². The number of rotatable bonds is 14. The summed E-state index contributed by atoms with van der Waals surface area (Å²) in [6.07, 6.45) is 3.68. The second kappa shape index (κ2) is 14.6. The molecule has 0 radical (unpaired) electrons. The summed E-state index contributed by atoms with van der Waals surface area (Å²) >= 11 is 0. The van der Waals surface area contributed by atoms with Gasteiger partial charge in [-0.2, -0.15) is 0 Å². The van der Waals surface area contributed by atoms with Crippen molar-refractivity contribution in [1.29, 1.82) is 0 Å². The molecule has 0 unspecified atom stereocenters. The molecule has 1 aliphatic rings. The first-order valence-corrected chi connectivity index (χ1v) is 13.3. The second-order valence-corrected chi connectivity index (χ2v) is 10.1. The molecule has 37 heavy (non-hydrogen) atoms. The monoisotopic (exact) mass is 504 g/mol. The van der Waals surface area contributed by atoms with E-state index in [1.54, 1.807) is 4.90 Å². The number of para-hydroxylation sites is 1. The van der Waals surface area contributed by atoms with E-state index in [1.165, 1.54) is 12.8 Å². The lowest BCUT2D eigenvalue weighted by Crippen LogP contribution is -2.34. The van der Waals surface area contributed by atoms with Gasteiger partial charge < -0.3 is 19.7 Å². The van der Waals surface area contributed by atoms with Crippen LogP contribution in [0, 0.1) is 17.3 Å². The fourth-order valence-electron chi connectivity index (χ4n) is 4.39. The SMILES string of the molecule is CCCC(C)(C)CCOCCOCCNC(=O)CCC(=O)N1Cc2ccccc2C#Cc2ccccc21. The number of ether oxygens (including phenoxy) is 2. The molecule has 2 aromatic rings. The van der Waals surface area contributed by atoms with Crippen molar-refractivity contribution in [2.45, 2.75) is 59.4 Å². The van der Waals surface area contributed by atoms with Gasteiger partial charge in [0.2, 0.25) is 11.8 Å². The average Bonchev–Trinajstić information content (AvgIpc) is 2.87. The molecule has 6 heteroatoms. The summed E-state index contributed by atoms with van der Waals surface area (Å²) in [4.78, 5) is 27.3. The first-order valence-electron chi connectivity index (χ1n) is 13.3. The van der Waals surface area contributed by atoms with Crippen LogP contribution in [0.25, 0.3) is 0 Å². The summed E-state index contributed by atoms with van der Waals surface area (Å²) in [5.41, 5.74) is 3.81. The molecule has 0 saturated carbocycles. The van der Waals surface area contributed by atoms with Crippen LogP contribution in [0.4, 0.5) is 5.69 Å². The first kappa shape index (κ1) is 28.4. The molecule has 0 fully saturated rings. The third-order valence-electron chi connectivity index (χ3n) is 6.53. The molecular formula is C31H40N2O4. The number of carbonyl (C=O) groups is 2. The summed E-state index contributed by atoms with van der Waals surface area (Å²) in [7, 11) is 0. The Morgan fingerprint density at radius 3 is 2.35 bits per heavy atom. The van der Waals surface area contributed by atoms with Gasteiger partial charge in [-0.25, -0.2) is 0 Å². The lowest BCUT2D eigenvalue weighted by molar-refractivity contribution is -0.125. The smallest absolute Gasteiger partial charge is 0.227 e. The van der Waals surface area contributed by atoms with Gasteiger partial charge in [-0.15, -0.1) is 0 Å². The molecule has 1 aliphatic heterocycles. The summed E-state index contributed by atoms with van der Waals surface area (Å²) in [5, 5.41) is 2.84. The van der Waals surface area contributed by atoms with Gasteiger partial charge >= 0.3 is 0 Å². The highest BCUT2D eigenvalue weighted by molar-refractivity contribution is 5.96. The highest BCUT2D eigenvalue weighted by Crippen LogP contribution is 2.27. The number of hydrogen-bond acceptors (Lipinski definition) is 4. The minimum Gasteiger partial charge on any atom is -0.379 e. The van der Waals surface area contributed by atoms with Gasteiger partial charge in [-0.1, -0.05) is 69.4 Å². The zero-order valence-corrected chi connectivity index (χ0v) is 22.5. The molecule has 3 rings (SSSR count). The summed E-state index contributed by atoms with van der Waals surface area (Å²) in [6, 6.07) is 15.5. The maximum Gasteiger partial charge on any atom is 0.227 e. The van der Waals surface area contributed by atoms with Gasteiger partial charge in [0.15, 0.2) is 0 Å². The van der Waals surface area contributed by atoms with E-state index in [0.717, 1.165) is 35.4 Å². The fourth-order valence-corrected chi connectivity index (χ4v) is 4.39. The van der Waals surface area contributed by atoms with Crippen LogP contribution in [-0.2, 0) is 25.6 Å². The molecule has 1 N–H and O–H groups in total. The van der Waals surface area contributed by atoms with Gasteiger partial charge in [0.05, 0.1) is 32.1 Å². The van der Waals surface area contributed by atoms with Crippen molar-refractivity contribution < 1.29 is 19.1 Å². The van der Waals surface area contributed by atoms with Crippen molar-refractivity contribution in [2.24, 2.45) is 5.41 Å². The van der Waals surface area contributed by atoms with Gasteiger partial charge in [-0.3, -0.25) is 9.59 Å². The van der Waals surface area contributed by atoms with Crippen LogP contribution in [0.2, 0.25) is 0 Å². The number of anilines is 1. The molecule has 1 heterocycles. The number of nitrogens with one attached hydrogen (secondary N) is 1. The maximum absolute atomic E-state index is 13.2. The molecule has 0 bridgehead atoms. The number of carbonyl (C=O) groups excluding carboxylic acids is 2. The topological polar surface area (TPSA) is 67.9 Å². The Balaban J connectivity index is 1.37. The van der Waals surface area contributed by atoms with Crippen molar-refractivity contribution in [2.75, 3.05) is 37.9 Å². The molecule has 198 valence electrons. The third kappa shape index (κ3) is 9.35. The molecule has 6 nitrogen and oxygen atoms in total. The predicted molar refractivity (Wildman–Crippen MR) is 147 cm³/mol. The van der Waals surface area contributed by atoms with Crippen LogP contribution in [0.15, 0.2) is 48.5 Å². The maximum atomic E-state index is 13.2. The Hall–Kier alpha value is -3.14. The van der Waals surface area contributed by atoms with E-state index in [9.17, 15) is 9.59 Å². The van der Waals surface area contributed by atoms with E-state index in [0.29, 0.717) is 38.3 Å². The summed E-state index contributed by atoms with van der Waals surface area (Å²) in [6.45, 7) is 9.79. The van der Waals surface area contributed by atoms with Crippen molar-refractivity contribution in [1.82, 2.24) is 5.32 Å². The lowest BCUT2D eigenvalue weighted by Gasteiger charge is -2.26. The zero-order valence-electron chi connectivity index (χ0n) is 22.5. The largest absolute Gasteiger partial charge is 0.379 e. The molecule has 2 aromatic carbocycles. The van der Waals surface area contributed by atoms with Gasteiger partial charge in [0.1, 0.15) is 0 Å². The Bertz CT molecular complexity index is 1100. The van der Waals surface area contributed by atoms with Crippen molar-refractivity contribution in [3.8, 4) is 11.8 Å². The number of fused-ring (bicyclic) bond motifs is 2. The quantitative estimate of drug-likeness (QED) is 0.288. The van der Waals surface area contributed by atoms with E-state index in [1.807, 2.05) is 48.5 Å². The van der Waals surface area contributed by atoms with Gasteiger partial charge in [0, 0.05) is 37.1 Å². The molecule has 0 saturated heterocycles. The van der Waals surface area contributed by atoms with E-state index >= 15 is 0 Å². The third-order valence-corrected chi connectivity index (χ3v) is 6.53. The van der Waals surface area contributed by atoms with E-state index < -0.39 is 0 Å². The Morgan fingerprint density at radius 2 is 1.57 bits per heavy atom. The predicted octanol–water partition coefficient (Wildman–Crippen LogP) is 5.08. The number of nitrogens with zero attached hydrogens (tertiary/aromatic N) is 1. The van der Waals surface area contributed by atoms with E-state index in [2.05, 4.69) is 37.9 Å². The van der Waals surface area contributed by atoms with Gasteiger partial charge in [-0.05, 0) is 42.0 Å². The standard InChI is InChI=1S/C31H40N2O4/c1-4-17-31(2,3)18-20-36-22-23-37-21-19-32-29(34)15-16-30(35)33-24-27-11-6-5-9-25(27)13-14-26-10-7-8-12-28(26)33/h5-12H,4,15-24H2,1-3H3,(H,32,34). The lowest BCUT2D eigenvalue weighted by atomic mass is 9.85. The molecule has 0 spiro atoms. The number of hydrogen-bond donors (Lipinski definition) is 1. The molecule has 0 aliphatic carbocycles. The molecule has 2 amide bonds. The highest BCUT2D eigenvalue weighted by Gasteiger charge is 2.21. The van der Waals surface area contributed by atoms with Crippen LogP contribution in [0.5, 0.6) is 0 Å². The number of amides is 2. The summed E-state index contributed by atoms with van der Waals surface area (Å²) in [5.74, 6) is 6.15. The normalized spacial score (nSPS) is 12.5. The van der Waals surface area contributed by atoms with Crippen LogP contribution >= 0.6 is 0 Å².